The largest absolute Gasteiger partial charge is 0.381 e. The van der Waals surface area contributed by atoms with E-state index < -0.39 is 0 Å². The summed E-state index contributed by atoms with van der Waals surface area (Å²) in [5, 5.41) is 4.89. The van der Waals surface area contributed by atoms with Gasteiger partial charge in [-0.25, -0.2) is 0 Å². The molecule has 1 fully saturated rings. The van der Waals surface area contributed by atoms with Crippen LogP contribution in [0.5, 0.6) is 0 Å². The quantitative estimate of drug-likeness (QED) is 0.849. The van der Waals surface area contributed by atoms with Crippen LogP contribution in [0.15, 0.2) is 30.5 Å². The van der Waals surface area contributed by atoms with Gasteiger partial charge in [0.1, 0.15) is 0 Å². The minimum Gasteiger partial charge on any atom is -0.381 e. The van der Waals surface area contributed by atoms with Gasteiger partial charge in [-0.1, -0.05) is 6.07 Å². The first-order valence-corrected chi connectivity index (χ1v) is 6.29. The summed E-state index contributed by atoms with van der Waals surface area (Å²) in [6.45, 7) is 2.74. The van der Waals surface area contributed by atoms with E-state index in [-0.39, 0.29) is 0 Å². The van der Waals surface area contributed by atoms with E-state index in [0.29, 0.717) is 6.04 Å². The first-order chi connectivity index (χ1) is 8.42. The molecule has 1 aliphatic rings. The Labute approximate surface area is 101 Å². The van der Waals surface area contributed by atoms with E-state index >= 15 is 0 Å². The third-order valence-corrected chi connectivity index (χ3v) is 3.43. The molecule has 1 aromatic heterocycles. The summed E-state index contributed by atoms with van der Waals surface area (Å²) >= 11 is 0. The highest BCUT2D eigenvalue weighted by molar-refractivity contribution is 5.79. The second-order valence-corrected chi connectivity index (χ2v) is 4.67. The molecule has 0 atom stereocenters. The Morgan fingerprint density at radius 1 is 1.24 bits per heavy atom. The Hall–Kier alpha value is -1.32. The molecule has 0 bridgehead atoms. The number of nitrogens with one attached hydrogen (secondary N) is 2. The second kappa shape index (κ2) is 4.90. The second-order valence-electron chi connectivity index (χ2n) is 4.67. The van der Waals surface area contributed by atoms with E-state index in [9.17, 15) is 0 Å². The number of benzene rings is 1. The van der Waals surface area contributed by atoms with Gasteiger partial charge in [0.25, 0.3) is 0 Å². The van der Waals surface area contributed by atoms with E-state index in [1.165, 1.54) is 16.5 Å². The van der Waals surface area contributed by atoms with E-state index in [4.69, 9.17) is 4.74 Å². The molecule has 0 aliphatic carbocycles. The lowest BCUT2D eigenvalue weighted by Gasteiger charge is -2.23. The highest BCUT2D eigenvalue weighted by atomic mass is 16.5. The predicted molar refractivity (Wildman–Crippen MR) is 69.0 cm³/mol. The lowest BCUT2D eigenvalue weighted by atomic mass is 10.1. The van der Waals surface area contributed by atoms with Crippen LogP contribution >= 0.6 is 0 Å². The van der Waals surface area contributed by atoms with E-state index in [0.717, 1.165) is 32.6 Å². The highest BCUT2D eigenvalue weighted by Crippen LogP contribution is 2.15. The molecular formula is C14H18N2O. The summed E-state index contributed by atoms with van der Waals surface area (Å²) < 4.78 is 5.35. The zero-order valence-corrected chi connectivity index (χ0v) is 9.91. The summed E-state index contributed by atoms with van der Waals surface area (Å²) in [5.74, 6) is 0. The molecule has 0 amide bonds. The maximum atomic E-state index is 5.35. The van der Waals surface area contributed by atoms with Crippen LogP contribution in [0.2, 0.25) is 0 Å². The van der Waals surface area contributed by atoms with E-state index in [2.05, 4.69) is 34.6 Å². The van der Waals surface area contributed by atoms with Crippen molar-refractivity contribution in [2.75, 3.05) is 13.2 Å². The molecule has 3 heteroatoms. The highest BCUT2D eigenvalue weighted by Gasteiger charge is 2.12. The first kappa shape index (κ1) is 10.8. The van der Waals surface area contributed by atoms with Crippen molar-refractivity contribution in [2.45, 2.75) is 25.4 Å². The average Bonchev–Trinajstić information content (AvgIpc) is 2.85. The molecule has 2 N–H and O–H groups in total. The van der Waals surface area contributed by atoms with Crippen molar-refractivity contribution in [3.05, 3.63) is 36.0 Å². The maximum Gasteiger partial charge on any atom is 0.0480 e. The summed E-state index contributed by atoms with van der Waals surface area (Å²) in [7, 11) is 0. The van der Waals surface area contributed by atoms with Crippen molar-refractivity contribution in [2.24, 2.45) is 0 Å². The van der Waals surface area contributed by atoms with Crippen LogP contribution in [-0.4, -0.2) is 24.2 Å². The van der Waals surface area contributed by atoms with Gasteiger partial charge in [0, 0.05) is 37.5 Å². The maximum absolute atomic E-state index is 5.35. The Morgan fingerprint density at radius 3 is 3.00 bits per heavy atom. The van der Waals surface area contributed by atoms with Gasteiger partial charge in [0.15, 0.2) is 0 Å². The molecule has 1 saturated heterocycles. The van der Waals surface area contributed by atoms with Gasteiger partial charge < -0.3 is 15.0 Å². The smallest absolute Gasteiger partial charge is 0.0480 e. The fraction of sp³-hybridized carbons (Fsp3) is 0.429. The Bertz CT molecular complexity index is 486. The van der Waals surface area contributed by atoms with Crippen LogP contribution in [0.1, 0.15) is 18.4 Å². The van der Waals surface area contributed by atoms with Gasteiger partial charge in [-0.3, -0.25) is 0 Å². The van der Waals surface area contributed by atoms with Crippen molar-refractivity contribution < 1.29 is 4.74 Å². The Morgan fingerprint density at radius 2 is 2.12 bits per heavy atom. The van der Waals surface area contributed by atoms with Gasteiger partial charge in [0.2, 0.25) is 0 Å². The van der Waals surface area contributed by atoms with Gasteiger partial charge in [-0.05, 0) is 42.0 Å². The van der Waals surface area contributed by atoms with Crippen LogP contribution in [0.25, 0.3) is 10.9 Å². The monoisotopic (exact) mass is 230 g/mol. The molecule has 2 heterocycles. The Balaban J connectivity index is 1.63. The normalized spacial score (nSPS) is 17.6. The zero-order chi connectivity index (χ0) is 11.5. The fourth-order valence-corrected chi connectivity index (χ4v) is 2.38. The van der Waals surface area contributed by atoms with Gasteiger partial charge in [-0.2, -0.15) is 0 Å². The number of hydrogen-bond donors (Lipinski definition) is 2. The molecule has 17 heavy (non-hydrogen) atoms. The molecule has 1 aromatic carbocycles. The van der Waals surface area contributed by atoms with Crippen molar-refractivity contribution in [1.82, 2.24) is 10.3 Å². The minimum atomic E-state index is 0.616. The van der Waals surface area contributed by atoms with Crippen molar-refractivity contribution in [3.63, 3.8) is 0 Å². The van der Waals surface area contributed by atoms with Crippen molar-refractivity contribution in [3.8, 4) is 0 Å². The summed E-state index contributed by atoms with van der Waals surface area (Å²) in [5.41, 5.74) is 2.56. The van der Waals surface area contributed by atoms with Gasteiger partial charge in [0.05, 0.1) is 0 Å². The van der Waals surface area contributed by atoms with E-state index in [1.807, 2.05) is 6.20 Å². The summed E-state index contributed by atoms with van der Waals surface area (Å²) in [6, 6.07) is 9.32. The van der Waals surface area contributed by atoms with Gasteiger partial charge >= 0.3 is 0 Å². The first-order valence-electron chi connectivity index (χ1n) is 6.29. The van der Waals surface area contributed by atoms with Crippen molar-refractivity contribution >= 4 is 10.9 Å². The lowest BCUT2D eigenvalue weighted by molar-refractivity contribution is 0.0776. The number of H-pyrrole nitrogens is 1. The molecule has 0 spiro atoms. The summed E-state index contributed by atoms with van der Waals surface area (Å²) in [6.07, 6.45) is 4.25. The fourth-order valence-electron chi connectivity index (χ4n) is 2.38. The molecule has 1 aliphatic heterocycles. The molecule has 90 valence electrons. The molecule has 0 saturated carbocycles. The minimum absolute atomic E-state index is 0.616. The number of ether oxygens (including phenoxy) is 1. The Kier molecular flexibility index (Phi) is 3.12. The SMILES string of the molecule is c1cc2cc(CNC3CCOCC3)ccc2[nH]1. The number of aromatic amines is 1. The summed E-state index contributed by atoms with van der Waals surface area (Å²) in [4.78, 5) is 3.22. The van der Waals surface area contributed by atoms with Crippen LogP contribution in [0.3, 0.4) is 0 Å². The van der Waals surface area contributed by atoms with Crippen LogP contribution in [0.4, 0.5) is 0 Å². The molecule has 0 unspecified atom stereocenters. The number of aromatic nitrogens is 1. The molecule has 2 aromatic rings. The van der Waals surface area contributed by atoms with Crippen LogP contribution in [0, 0.1) is 0 Å². The average molecular weight is 230 g/mol. The number of fused-ring (bicyclic) bond motifs is 1. The predicted octanol–water partition coefficient (Wildman–Crippen LogP) is 2.44. The van der Waals surface area contributed by atoms with Gasteiger partial charge in [-0.15, -0.1) is 0 Å². The third-order valence-electron chi connectivity index (χ3n) is 3.43. The zero-order valence-electron chi connectivity index (χ0n) is 9.91. The number of hydrogen-bond acceptors (Lipinski definition) is 2. The lowest BCUT2D eigenvalue weighted by Crippen LogP contribution is -2.34. The van der Waals surface area contributed by atoms with E-state index in [1.54, 1.807) is 0 Å². The standard InChI is InChI=1S/C14H18N2O/c1-2-14-12(3-6-15-14)9-11(1)10-16-13-4-7-17-8-5-13/h1-3,6,9,13,15-16H,4-5,7-8,10H2. The topological polar surface area (TPSA) is 37.0 Å². The van der Waals surface area contributed by atoms with Crippen molar-refractivity contribution in [1.29, 1.82) is 0 Å². The molecule has 3 rings (SSSR count). The van der Waals surface area contributed by atoms with Crippen LogP contribution < -0.4 is 5.32 Å². The molecule has 3 nitrogen and oxygen atoms in total. The third kappa shape index (κ3) is 2.51. The molecular weight excluding hydrogens is 212 g/mol. The van der Waals surface area contributed by atoms with Crippen LogP contribution in [-0.2, 0) is 11.3 Å². The number of rotatable bonds is 3. The molecule has 0 radical (unpaired) electrons.